The summed E-state index contributed by atoms with van der Waals surface area (Å²) in [5.41, 5.74) is 9.88. The van der Waals surface area contributed by atoms with Gasteiger partial charge in [-0.15, -0.1) is 0 Å². The molecule has 2 rings (SSSR count). The summed E-state index contributed by atoms with van der Waals surface area (Å²) in [6, 6.07) is 10.1. The second-order valence-corrected chi connectivity index (χ2v) is 4.74. The minimum Gasteiger partial charge on any atom is -0.324 e. The Kier molecular flexibility index (Phi) is 3.34. The quantitative estimate of drug-likeness (QED) is 0.879. The van der Waals surface area contributed by atoms with Crippen molar-refractivity contribution in [3.8, 4) is 11.1 Å². The van der Waals surface area contributed by atoms with E-state index in [2.05, 4.69) is 0 Å². The van der Waals surface area contributed by atoms with Crippen LogP contribution in [0.5, 0.6) is 0 Å². The molecule has 0 aliphatic rings. The SMILES string of the molecule is Cc1cc(-c2ccc([C@@H](C)N)cc2)cn(C)c1=O. The van der Waals surface area contributed by atoms with E-state index < -0.39 is 0 Å². The molecule has 2 aromatic rings. The molecule has 0 fully saturated rings. The largest absolute Gasteiger partial charge is 0.324 e. The van der Waals surface area contributed by atoms with E-state index in [1.807, 2.05) is 50.4 Å². The summed E-state index contributed by atoms with van der Waals surface area (Å²) in [4.78, 5) is 11.6. The number of hydrogen-bond donors (Lipinski definition) is 1. The van der Waals surface area contributed by atoms with E-state index in [9.17, 15) is 4.79 Å². The summed E-state index contributed by atoms with van der Waals surface area (Å²) in [5, 5.41) is 0. The molecule has 0 radical (unpaired) electrons. The van der Waals surface area contributed by atoms with Crippen molar-refractivity contribution in [3.05, 3.63) is 58.0 Å². The smallest absolute Gasteiger partial charge is 0.253 e. The molecule has 2 N–H and O–H groups in total. The van der Waals surface area contributed by atoms with E-state index in [0.29, 0.717) is 0 Å². The maximum Gasteiger partial charge on any atom is 0.253 e. The van der Waals surface area contributed by atoms with Gasteiger partial charge in [-0.1, -0.05) is 24.3 Å². The average Bonchev–Trinajstić information content (AvgIpc) is 2.35. The first-order valence-corrected chi connectivity index (χ1v) is 6.02. The van der Waals surface area contributed by atoms with Crippen LogP contribution in [0.25, 0.3) is 11.1 Å². The van der Waals surface area contributed by atoms with Crippen molar-refractivity contribution < 1.29 is 0 Å². The van der Waals surface area contributed by atoms with Gasteiger partial charge in [0.25, 0.3) is 5.56 Å². The minimum atomic E-state index is 0.0425. The van der Waals surface area contributed by atoms with Crippen LogP contribution in [0.1, 0.15) is 24.1 Å². The van der Waals surface area contributed by atoms with Gasteiger partial charge in [0.1, 0.15) is 0 Å². The summed E-state index contributed by atoms with van der Waals surface area (Å²) < 4.78 is 1.62. The van der Waals surface area contributed by atoms with Gasteiger partial charge in [0.05, 0.1) is 0 Å². The molecule has 0 amide bonds. The second-order valence-electron chi connectivity index (χ2n) is 4.74. The predicted octanol–water partition coefficient (Wildman–Crippen LogP) is 2.38. The van der Waals surface area contributed by atoms with E-state index in [1.54, 1.807) is 11.6 Å². The highest BCUT2D eigenvalue weighted by Crippen LogP contribution is 2.21. The molecule has 3 nitrogen and oxygen atoms in total. The number of aryl methyl sites for hydroxylation is 2. The summed E-state index contributed by atoms with van der Waals surface area (Å²) in [6.07, 6.45) is 1.86. The lowest BCUT2D eigenvalue weighted by atomic mass is 10.0. The van der Waals surface area contributed by atoms with Gasteiger partial charge in [0.15, 0.2) is 0 Å². The normalized spacial score (nSPS) is 12.4. The fraction of sp³-hybridized carbons (Fsp3) is 0.267. The van der Waals surface area contributed by atoms with Crippen LogP contribution in [-0.4, -0.2) is 4.57 Å². The lowest BCUT2D eigenvalue weighted by Crippen LogP contribution is -2.18. The molecule has 0 bridgehead atoms. The van der Waals surface area contributed by atoms with Gasteiger partial charge in [0, 0.05) is 24.8 Å². The van der Waals surface area contributed by atoms with Gasteiger partial charge in [-0.25, -0.2) is 0 Å². The monoisotopic (exact) mass is 242 g/mol. The van der Waals surface area contributed by atoms with Crippen LogP contribution in [0.2, 0.25) is 0 Å². The van der Waals surface area contributed by atoms with E-state index in [4.69, 9.17) is 5.73 Å². The van der Waals surface area contributed by atoms with E-state index >= 15 is 0 Å². The zero-order chi connectivity index (χ0) is 13.3. The molecule has 1 atom stereocenters. The molecule has 0 saturated carbocycles. The van der Waals surface area contributed by atoms with Crippen molar-refractivity contribution in [2.45, 2.75) is 19.9 Å². The Labute approximate surface area is 107 Å². The van der Waals surface area contributed by atoms with Crippen molar-refractivity contribution in [3.63, 3.8) is 0 Å². The van der Waals surface area contributed by atoms with Crippen molar-refractivity contribution in [2.24, 2.45) is 12.8 Å². The highest BCUT2D eigenvalue weighted by Gasteiger charge is 2.04. The third kappa shape index (κ3) is 2.36. The molecule has 0 spiro atoms. The van der Waals surface area contributed by atoms with Gasteiger partial charge in [0.2, 0.25) is 0 Å². The third-order valence-electron chi connectivity index (χ3n) is 3.13. The predicted molar refractivity (Wildman–Crippen MR) is 74.5 cm³/mol. The lowest BCUT2D eigenvalue weighted by molar-refractivity contribution is 0.818. The van der Waals surface area contributed by atoms with Crippen LogP contribution in [-0.2, 0) is 7.05 Å². The average molecular weight is 242 g/mol. The Hall–Kier alpha value is -1.87. The number of nitrogens with zero attached hydrogens (tertiary/aromatic N) is 1. The molecular weight excluding hydrogens is 224 g/mol. The summed E-state index contributed by atoms with van der Waals surface area (Å²) in [7, 11) is 1.77. The van der Waals surface area contributed by atoms with Crippen LogP contribution in [0.3, 0.4) is 0 Å². The summed E-state index contributed by atoms with van der Waals surface area (Å²) in [5.74, 6) is 0. The number of pyridine rings is 1. The van der Waals surface area contributed by atoms with Gasteiger partial charge < -0.3 is 10.3 Å². The zero-order valence-electron chi connectivity index (χ0n) is 11.0. The van der Waals surface area contributed by atoms with Gasteiger partial charge in [-0.3, -0.25) is 4.79 Å². The maximum atomic E-state index is 11.6. The Morgan fingerprint density at radius 3 is 2.28 bits per heavy atom. The fourth-order valence-electron chi connectivity index (χ4n) is 2.01. The van der Waals surface area contributed by atoms with Gasteiger partial charge in [-0.05, 0) is 36.6 Å². The third-order valence-corrected chi connectivity index (χ3v) is 3.13. The molecule has 1 aromatic heterocycles. The van der Waals surface area contributed by atoms with Crippen LogP contribution >= 0.6 is 0 Å². The number of nitrogens with two attached hydrogens (primary N) is 1. The van der Waals surface area contributed by atoms with E-state index in [0.717, 1.165) is 22.3 Å². The van der Waals surface area contributed by atoms with Gasteiger partial charge in [-0.2, -0.15) is 0 Å². The van der Waals surface area contributed by atoms with Crippen molar-refractivity contribution in [1.82, 2.24) is 4.57 Å². The molecule has 1 aromatic carbocycles. The Morgan fingerprint density at radius 1 is 1.17 bits per heavy atom. The second kappa shape index (κ2) is 4.78. The topological polar surface area (TPSA) is 48.0 Å². The van der Waals surface area contributed by atoms with Crippen LogP contribution < -0.4 is 11.3 Å². The number of benzene rings is 1. The number of aromatic nitrogens is 1. The molecule has 0 unspecified atom stereocenters. The summed E-state index contributed by atoms with van der Waals surface area (Å²) >= 11 is 0. The van der Waals surface area contributed by atoms with Crippen molar-refractivity contribution >= 4 is 0 Å². The Bertz CT molecular complexity index is 583. The van der Waals surface area contributed by atoms with Crippen molar-refractivity contribution in [1.29, 1.82) is 0 Å². The van der Waals surface area contributed by atoms with Crippen LogP contribution in [0, 0.1) is 6.92 Å². The molecule has 94 valence electrons. The van der Waals surface area contributed by atoms with Crippen LogP contribution in [0.15, 0.2) is 41.3 Å². The zero-order valence-corrected chi connectivity index (χ0v) is 11.0. The maximum absolute atomic E-state index is 11.6. The van der Waals surface area contributed by atoms with Crippen molar-refractivity contribution in [2.75, 3.05) is 0 Å². The number of rotatable bonds is 2. The highest BCUT2D eigenvalue weighted by molar-refractivity contribution is 5.63. The summed E-state index contributed by atoms with van der Waals surface area (Å²) in [6.45, 7) is 3.80. The molecule has 18 heavy (non-hydrogen) atoms. The Morgan fingerprint density at radius 2 is 1.78 bits per heavy atom. The first-order chi connectivity index (χ1) is 8.49. The van der Waals surface area contributed by atoms with E-state index in [-0.39, 0.29) is 11.6 Å². The van der Waals surface area contributed by atoms with Gasteiger partial charge >= 0.3 is 0 Å². The molecule has 3 heteroatoms. The fourth-order valence-corrected chi connectivity index (χ4v) is 2.01. The molecule has 1 heterocycles. The molecular formula is C15H18N2O. The molecule has 0 aliphatic heterocycles. The molecule has 0 saturated heterocycles. The first kappa shape index (κ1) is 12.6. The minimum absolute atomic E-state index is 0.0425. The van der Waals surface area contributed by atoms with Crippen LogP contribution in [0.4, 0.5) is 0 Å². The number of hydrogen-bond acceptors (Lipinski definition) is 2. The standard InChI is InChI=1S/C15H18N2O/c1-10-8-14(9-17(3)15(10)18)13-6-4-12(5-7-13)11(2)16/h4-9,11H,16H2,1-3H3/t11-/m1/s1. The highest BCUT2D eigenvalue weighted by atomic mass is 16.1. The molecule has 0 aliphatic carbocycles. The Balaban J connectivity index is 2.46. The first-order valence-electron chi connectivity index (χ1n) is 6.02. The lowest BCUT2D eigenvalue weighted by Gasteiger charge is -2.09. The van der Waals surface area contributed by atoms with E-state index in [1.165, 1.54) is 0 Å².